The van der Waals surface area contributed by atoms with Crippen molar-refractivity contribution in [1.82, 2.24) is 10.3 Å². The summed E-state index contributed by atoms with van der Waals surface area (Å²) in [4.78, 5) is 55.7. The number of carbonyl (C=O) groups excluding carboxylic acids is 3. The molecule has 520 valence electrons. The van der Waals surface area contributed by atoms with Crippen molar-refractivity contribution in [2.45, 2.75) is 222 Å². The van der Waals surface area contributed by atoms with E-state index in [1.807, 2.05) is 31.3 Å². The van der Waals surface area contributed by atoms with E-state index in [1.165, 1.54) is 16.4 Å². The van der Waals surface area contributed by atoms with Gasteiger partial charge in [0.15, 0.2) is 23.8 Å². The first kappa shape index (κ1) is 69.1. The van der Waals surface area contributed by atoms with Gasteiger partial charge in [0.25, 0.3) is 0 Å². The number of rotatable bonds is 10. The van der Waals surface area contributed by atoms with Crippen molar-refractivity contribution in [3.8, 4) is 17.6 Å². The van der Waals surface area contributed by atoms with E-state index in [0.717, 1.165) is 75.3 Å². The van der Waals surface area contributed by atoms with E-state index in [0.29, 0.717) is 61.5 Å². The summed E-state index contributed by atoms with van der Waals surface area (Å²) in [5.74, 6) is 0.0156. The fourth-order valence-corrected chi connectivity index (χ4v) is 26.3. The number of aromatic hydroxyl groups is 1. The van der Waals surface area contributed by atoms with Gasteiger partial charge >= 0.3 is 5.97 Å². The summed E-state index contributed by atoms with van der Waals surface area (Å²) in [7, 11) is 3.11. The molecular weight excluding hydrogens is 1240 g/mol. The number of allylic oxidation sites excluding steroid dienone is 3. The zero-order chi connectivity index (χ0) is 67.1. The van der Waals surface area contributed by atoms with Crippen LogP contribution in [0, 0.1) is 105 Å². The fraction of sp³-hybridized carbons (Fsp3) is 0.733. The van der Waals surface area contributed by atoms with Crippen molar-refractivity contribution in [1.29, 1.82) is 0 Å². The number of Topliss-reactive ketones (excluding diaryl/α,β-unsaturated/α-hetero) is 2. The molecule has 1 spiro atoms. The number of cyclic esters (lactones) is 1. The summed E-state index contributed by atoms with van der Waals surface area (Å²) in [5.41, 5.74) is 8.00. The number of H-pyrrole nitrogens is 1. The number of phenolic OH excluding ortho intramolecular Hbond substituents is 1. The van der Waals surface area contributed by atoms with Gasteiger partial charge < -0.3 is 72.5 Å². The number of aromatic nitrogens is 1. The predicted octanol–water partition coefficient (Wildman–Crippen LogP) is 8.04. The number of ether oxygens (including phenoxy) is 1. The zero-order valence-corrected chi connectivity index (χ0v) is 57.3. The second kappa shape index (κ2) is 27.3. The number of phenols is 1. The second-order valence-corrected chi connectivity index (χ2v) is 34.3. The highest BCUT2D eigenvalue weighted by Gasteiger charge is 2.76. The molecule has 8 fully saturated rings. The van der Waals surface area contributed by atoms with Crippen LogP contribution in [0.1, 0.15) is 185 Å². The Kier molecular flexibility index (Phi) is 19.8. The number of hydrogen-bond acceptors (Lipinski definition) is 17. The predicted molar refractivity (Wildman–Crippen MR) is 364 cm³/mol. The van der Waals surface area contributed by atoms with E-state index in [1.54, 1.807) is 36.0 Å². The SMILES string of the molecule is CCC1OC(=O)C(c2cc[nH]c2)C1C1C#CCC2CC3(O)C4=C5NC(CO)C(=O)C6(CCCC6)C(c6ccc(O)cc6)CSSCC6C(O)C(O)CC(C7CCCCC7)(C4CCC3(CCN=C(N)N)C2C(C)(O)C(O)CC(C(O)O)C2CC=C3CCC(C)CC3C2C1)C6C5=O. The molecule has 23 atom stereocenters. The van der Waals surface area contributed by atoms with E-state index >= 15 is 14.7 Å². The van der Waals surface area contributed by atoms with Crippen molar-refractivity contribution in [2.24, 2.45) is 110 Å². The van der Waals surface area contributed by atoms with Gasteiger partial charge in [-0.25, -0.2) is 0 Å². The first-order chi connectivity index (χ1) is 45.5. The molecule has 1 aromatic carbocycles. The summed E-state index contributed by atoms with van der Waals surface area (Å²) < 4.78 is 6.34. The molecule has 11 aliphatic rings. The third-order valence-corrected chi connectivity index (χ3v) is 29.9. The molecule has 2 saturated heterocycles. The molecular formula is C75H105N5O13S2. The number of aliphatic hydroxyl groups is 8. The van der Waals surface area contributed by atoms with Crippen molar-refractivity contribution in [3.63, 3.8) is 0 Å². The molecule has 2 aliphatic heterocycles. The maximum Gasteiger partial charge on any atom is 0.314 e. The minimum absolute atomic E-state index is 0.00998. The molecule has 9 aliphatic carbocycles. The fourth-order valence-electron chi connectivity index (χ4n) is 23.4. The summed E-state index contributed by atoms with van der Waals surface area (Å²) in [6.45, 7) is 5.16. The van der Waals surface area contributed by atoms with Crippen LogP contribution in [0.25, 0.3) is 0 Å². The van der Waals surface area contributed by atoms with Crippen molar-refractivity contribution in [2.75, 3.05) is 24.7 Å². The lowest BCUT2D eigenvalue weighted by atomic mass is 9.39. The molecule has 15 N–H and O–H groups in total. The molecule has 18 nitrogen and oxygen atoms in total. The van der Waals surface area contributed by atoms with Crippen LogP contribution in [0.15, 0.2) is 70.6 Å². The first-order valence-electron chi connectivity index (χ1n) is 36.2. The van der Waals surface area contributed by atoms with Gasteiger partial charge in [0.2, 0.25) is 0 Å². The Morgan fingerprint density at radius 2 is 1.62 bits per heavy atom. The Balaban J connectivity index is 1.03. The molecule has 13 rings (SSSR count). The van der Waals surface area contributed by atoms with Crippen molar-refractivity contribution in [3.05, 3.63) is 76.8 Å². The van der Waals surface area contributed by atoms with Gasteiger partial charge in [-0.05, 0) is 191 Å². The highest BCUT2D eigenvalue weighted by Crippen LogP contribution is 2.75. The molecule has 2 aromatic rings. The highest BCUT2D eigenvalue weighted by molar-refractivity contribution is 8.76. The van der Waals surface area contributed by atoms with Crippen LogP contribution in [0.5, 0.6) is 5.75 Å². The van der Waals surface area contributed by atoms with Gasteiger partial charge in [-0.1, -0.05) is 97.2 Å². The largest absolute Gasteiger partial charge is 0.508 e. The number of ketones is 2. The lowest BCUT2D eigenvalue weighted by Crippen LogP contribution is -2.69. The maximum absolute atomic E-state index is 17.2. The highest BCUT2D eigenvalue weighted by atomic mass is 33.1. The lowest BCUT2D eigenvalue weighted by molar-refractivity contribution is -0.208. The Morgan fingerprint density at radius 1 is 0.874 bits per heavy atom. The van der Waals surface area contributed by atoms with Crippen LogP contribution in [0.2, 0.25) is 0 Å². The maximum atomic E-state index is 17.2. The number of aromatic amines is 1. The van der Waals surface area contributed by atoms with Crippen LogP contribution >= 0.6 is 21.6 Å². The van der Waals surface area contributed by atoms with Gasteiger partial charge in [0.1, 0.15) is 17.9 Å². The number of benzene rings is 1. The molecule has 1 aromatic heterocycles. The number of carbonyl (C=O) groups is 3. The number of nitrogens with two attached hydrogens (primary N) is 2. The normalized spacial score (nSPS) is 43.1. The molecule has 0 amide bonds. The van der Waals surface area contributed by atoms with E-state index < -0.39 is 142 Å². The van der Waals surface area contributed by atoms with Crippen LogP contribution in [0.4, 0.5) is 0 Å². The smallest absolute Gasteiger partial charge is 0.314 e. The molecule has 20 heteroatoms. The van der Waals surface area contributed by atoms with Gasteiger partial charge in [0, 0.05) is 89.1 Å². The average molecular weight is 1350 g/mol. The van der Waals surface area contributed by atoms with Gasteiger partial charge in [-0.15, -0.1) is 5.92 Å². The number of guanidine groups is 1. The number of aliphatic hydroxyl groups excluding tert-OH is 5. The topological polar surface area (TPSA) is 335 Å². The monoisotopic (exact) mass is 1350 g/mol. The standard InChI is InChI=1S/C75H105N5O13S2/c1-4-57-59(60(69(90)93-57)45-24-29-78-36-45)43-11-10-12-44-34-75(92)62-53(23-27-73(75,28-30-79-70(76)77)66(44)71(3,91)58(84)33-51(68(88)89)48-22-19-41-16-15-40(2)31-49(41)50(48)32-43)74(46-13-6-5-7-14-46)35-56(83)64(85)52-38-94-95-39-54(42-17-20-47(82)21-18-42)72(25-8-9-26-72)67(87)55(37-81)80-63(62)65(86)61(52)74/h17-21,24,29,36,40,43-44,46,48-61,64,66,68,78,80-85,88-89,91-92H,4-9,12-16,22-23,25-28,30-35,37-39H2,1-3H3,(H4,76,77,79). The number of nitrogens with one attached hydrogen (secondary N) is 2. The molecule has 3 heterocycles. The summed E-state index contributed by atoms with van der Waals surface area (Å²) in [6, 6.07) is 7.52. The average Bonchev–Trinajstić information content (AvgIpc) is 1.64. The Hall–Kier alpha value is -4.40. The number of esters is 1. The number of fused-ring (bicyclic) bond motifs is 10. The van der Waals surface area contributed by atoms with E-state index in [-0.39, 0.29) is 92.0 Å². The Morgan fingerprint density at radius 3 is 2.32 bits per heavy atom. The van der Waals surface area contributed by atoms with E-state index in [9.17, 15) is 45.6 Å². The summed E-state index contributed by atoms with van der Waals surface area (Å²) in [6.07, 6.45) is 10.9. The third kappa shape index (κ3) is 11.7. The number of hydrogen-bond donors (Lipinski definition) is 13. The molecule has 95 heavy (non-hydrogen) atoms. The van der Waals surface area contributed by atoms with Crippen LogP contribution < -0.4 is 16.8 Å². The Labute approximate surface area is 567 Å². The molecule has 6 saturated carbocycles. The van der Waals surface area contributed by atoms with Crippen molar-refractivity contribution >= 4 is 45.1 Å². The number of aliphatic imine (C=N–C) groups is 1. The van der Waals surface area contributed by atoms with Gasteiger partial charge in [0.05, 0.1) is 47.7 Å². The quantitative estimate of drug-likeness (QED) is 0.0203. The molecule has 0 radical (unpaired) electrons. The van der Waals surface area contributed by atoms with E-state index in [2.05, 4.69) is 40.1 Å². The minimum atomic E-state index is -2.12. The van der Waals surface area contributed by atoms with Crippen LogP contribution in [-0.2, 0) is 19.1 Å². The number of nitrogens with zero attached hydrogens (tertiary/aromatic N) is 1. The molecule has 2 bridgehead atoms. The van der Waals surface area contributed by atoms with Gasteiger partial charge in [-0.2, -0.15) is 0 Å². The van der Waals surface area contributed by atoms with Gasteiger partial charge in [-0.3, -0.25) is 19.4 Å². The van der Waals surface area contributed by atoms with Crippen LogP contribution in [-0.4, -0.2) is 147 Å². The van der Waals surface area contributed by atoms with Crippen LogP contribution in [0.3, 0.4) is 0 Å². The second-order valence-electron chi connectivity index (χ2n) is 31.8. The third-order valence-electron chi connectivity index (χ3n) is 27.4. The van der Waals surface area contributed by atoms with Crippen molar-refractivity contribution < 1.29 is 65.1 Å². The Bertz CT molecular complexity index is 3300. The lowest BCUT2D eigenvalue weighted by Gasteiger charge is -2.66. The van der Waals surface area contributed by atoms with E-state index in [4.69, 9.17) is 16.2 Å². The minimum Gasteiger partial charge on any atom is -0.508 e. The molecule has 23 unspecified atom stereocenters. The summed E-state index contributed by atoms with van der Waals surface area (Å²) >= 11 is 0. The first-order valence-corrected chi connectivity index (χ1v) is 38.7. The summed E-state index contributed by atoms with van der Waals surface area (Å²) in [5, 5.41) is 118. The zero-order valence-electron chi connectivity index (χ0n) is 55.7.